The predicted molar refractivity (Wildman–Crippen MR) is 58.5 cm³/mol. The first-order valence-corrected chi connectivity index (χ1v) is 5.25. The van der Waals surface area contributed by atoms with Crippen LogP contribution in [0.4, 0.5) is 0 Å². The molecule has 1 amide bonds. The molecular formula is C11H21NO3. The van der Waals surface area contributed by atoms with Gasteiger partial charge in [-0.1, -0.05) is 27.7 Å². The Balaban J connectivity index is 4.31. The number of carboxylic acids is 1. The fourth-order valence-electron chi connectivity index (χ4n) is 1.45. The number of amides is 1. The monoisotopic (exact) mass is 215 g/mol. The van der Waals surface area contributed by atoms with E-state index in [1.165, 1.54) is 0 Å². The maximum atomic E-state index is 11.2. The average Bonchev–Trinajstić information content (AvgIpc) is 1.99. The summed E-state index contributed by atoms with van der Waals surface area (Å²) in [4.78, 5) is 21.8. The Hall–Kier alpha value is -1.06. The summed E-state index contributed by atoms with van der Waals surface area (Å²) in [6, 6.07) is -0.269. The summed E-state index contributed by atoms with van der Waals surface area (Å²) in [7, 11) is 0. The van der Waals surface area contributed by atoms with Gasteiger partial charge in [0, 0.05) is 12.5 Å². The van der Waals surface area contributed by atoms with E-state index in [2.05, 4.69) is 5.32 Å². The van der Waals surface area contributed by atoms with Gasteiger partial charge in [0.15, 0.2) is 0 Å². The fraction of sp³-hybridized carbons (Fsp3) is 0.818. The van der Waals surface area contributed by atoms with Crippen LogP contribution in [0.2, 0.25) is 0 Å². The van der Waals surface area contributed by atoms with Crippen LogP contribution in [0, 0.1) is 5.41 Å². The van der Waals surface area contributed by atoms with Gasteiger partial charge in [0.2, 0.25) is 5.91 Å². The lowest BCUT2D eigenvalue weighted by atomic mass is 9.87. The largest absolute Gasteiger partial charge is 0.481 e. The first-order valence-electron chi connectivity index (χ1n) is 5.25. The smallest absolute Gasteiger partial charge is 0.305 e. The van der Waals surface area contributed by atoms with E-state index >= 15 is 0 Å². The van der Waals surface area contributed by atoms with Crippen LogP contribution in [0.5, 0.6) is 0 Å². The second-order valence-corrected chi connectivity index (χ2v) is 4.98. The van der Waals surface area contributed by atoms with Crippen molar-refractivity contribution < 1.29 is 14.7 Å². The molecule has 0 aliphatic rings. The van der Waals surface area contributed by atoms with Crippen LogP contribution in [-0.4, -0.2) is 23.0 Å². The van der Waals surface area contributed by atoms with E-state index in [1.54, 1.807) is 6.92 Å². The number of carbonyl (C=O) groups excluding carboxylic acids is 1. The molecule has 0 aromatic heterocycles. The van der Waals surface area contributed by atoms with E-state index < -0.39 is 5.97 Å². The molecule has 0 saturated carbocycles. The number of aliphatic carboxylic acids is 1. The minimum atomic E-state index is -0.874. The average molecular weight is 215 g/mol. The Morgan fingerprint density at radius 1 is 1.33 bits per heavy atom. The third-order valence-corrected chi connectivity index (χ3v) is 1.97. The van der Waals surface area contributed by atoms with Gasteiger partial charge in [0.1, 0.15) is 0 Å². The van der Waals surface area contributed by atoms with Gasteiger partial charge in [-0.25, -0.2) is 0 Å². The van der Waals surface area contributed by atoms with E-state index in [-0.39, 0.29) is 23.8 Å². The fourth-order valence-corrected chi connectivity index (χ4v) is 1.45. The molecule has 0 aromatic rings. The first-order chi connectivity index (χ1) is 6.74. The second kappa shape index (κ2) is 5.73. The highest BCUT2D eigenvalue weighted by Crippen LogP contribution is 2.22. The van der Waals surface area contributed by atoms with Crippen molar-refractivity contribution in [2.45, 2.75) is 53.0 Å². The van der Waals surface area contributed by atoms with Crippen molar-refractivity contribution in [1.82, 2.24) is 5.32 Å². The number of carbonyl (C=O) groups is 2. The molecule has 0 heterocycles. The zero-order valence-corrected chi connectivity index (χ0v) is 9.96. The topological polar surface area (TPSA) is 66.4 Å². The van der Waals surface area contributed by atoms with E-state index in [0.717, 1.165) is 0 Å². The van der Waals surface area contributed by atoms with Gasteiger partial charge >= 0.3 is 5.97 Å². The number of carboxylic acid groups (broad SMARTS) is 1. The minimum Gasteiger partial charge on any atom is -0.481 e. The molecule has 0 aliphatic carbocycles. The van der Waals surface area contributed by atoms with Gasteiger partial charge in [0.25, 0.3) is 0 Å². The Labute approximate surface area is 91.1 Å². The second-order valence-electron chi connectivity index (χ2n) is 4.98. The Kier molecular flexibility index (Phi) is 5.33. The van der Waals surface area contributed by atoms with Gasteiger partial charge < -0.3 is 10.4 Å². The molecule has 0 spiro atoms. The SMILES string of the molecule is CCC(=O)NC(CC(=O)O)CC(C)(C)C. The molecule has 0 aromatic carbocycles. The van der Waals surface area contributed by atoms with Crippen LogP contribution >= 0.6 is 0 Å². The lowest BCUT2D eigenvalue weighted by Gasteiger charge is -2.25. The molecule has 1 atom stereocenters. The predicted octanol–water partition coefficient (Wildman–Crippen LogP) is 1.79. The van der Waals surface area contributed by atoms with Crippen LogP contribution in [-0.2, 0) is 9.59 Å². The van der Waals surface area contributed by atoms with Gasteiger partial charge in [-0.2, -0.15) is 0 Å². The highest BCUT2D eigenvalue weighted by molar-refractivity contribution is 5.77. The summed E-state index contributed by atoms with van der Waals surface area (Å²) < 4.78 is 0. The quantitative estimate of drug-likeness (QED) is 0.734. The lowest BCUT2D eigenvalue weighted by molar-refractivity contribution is -0.137. The third-order valence-electron chi connectivity index (χ3n) is 1.97. The standard InChI is InChI=1S/C11H21NO3/c1-5-9(13)12-8(6-10(14)15)7-11(2,3)4/h8H,5-7H2,1-4H3,(H,12,13)(H,14,15). The maximum Gasteiger partial charge on any atom is 0.305 e. The lowest BCUT2D eigenvalue weighted by Crippen LogP contribution is -2.38. The molecule has 0 fully saturated rings. The van der Waals surface area contributed by atoms with Crippen molar-refractivity contribution in [2.24, 2.45) is 5.41 Å². The van der Waals surface area contributed by atoms with Crippen molar-refractivity contribution in [1.29, 1.82) is 0 Å². The Bertz CT molecular complexity index is 230. The van der Waals surface area contributed by atoms with Crippen LogP contribution in [0.3, 0.4) is 0 Å². The zero-order valence-electron chi connectivity index (χ0n) is 9.96. The molecule has 1 unspecified atom stereocenters. The number of nitrogens with one attached hydrogen (secondary N) is 1. The first kappa shape index (κ1) is 13.9. The highest BCUT2D eigenvalue weighted by atomic mass is 16.4. The Morgan fingerprint density at radius 2 is 1.87 bits per heavy atom. The summed E-state index contributed by atoms with van der Waals surface area (Å²) in [6.07, 6.45) is 1.05. The summed E-state index contributed by atoms with van der Waals surface area (Å²) >= 11 is 0. The van der Waals surface area contributed by atoms with Gasteiger partial charge in [0.05, 0.1) is 6.42 Å². The molecule has 2 N–H and O–H groups in total. The highest BCUT2D eigenvalue weighted by Gasteiger charge is 2.22. The zero-order chi connectivity index (χ0) is 12.1. The normalized spacial score (nSPS) is 13.3. The molecular weight excluding hydrogens is 194 g/mol. The molecule has 0 bridgehead atoms. The molecule has 4 heteroatoms. The van der Waals surface area contributed by atoms with E-state index in [9.17, 15) is 9.59 Å². The third kappa shape index (κ3) is 7.97. The van der Waals surface area contributed by atoms with Crippen molar-refractivity contribution in [3.05, 3.63) is 0 Å². The maximum absolute atomic E-state index is 11.2. The number of hydrogen-bond donors (Lipinski definition) is 2. The van der Waals surface area contributed by atoms with E-state index in [0.29, 0.717) is 12.8 Å². The Morgan fingerprint density at radius 3 is 2.20 bits per heavy atom. The molecule has 0 saturated heterocycles. The molecule has 4 nitrogen and oxygen atoms in total. The van der Waals surface area contributed by atoms with E-state index in [1.807, 2.05) is 20.8 Å². The van der Waals surface area contributed by atoms with Crippen molar-refractivity contribution in [3.63, 3.8) is 0 Å². The van der Waals surface area contributed by atoms with Gasteiger partial charge in [-0.3, -0.25) is 9.59 Å². The van der Waals surface area contributed by atoms with Crippen LogP contribution in [0.1, 0.15) is 47.0 Å². The molecule has 88 valence electrons. The van der Waals surface area contributed by atoms with Gasteiger partial charge in [-0.05, 0) is 11.8 Å². The van der Waals surface area contributed by atoms with Crippen molar-refractivity contribution in [2.75, 3.05) is 0 Å². The number of rotatable bonds is 5. The van der Waals surface area contributed by atoms with Crippen molar-refractivity contribution >= 4 is 11.9 Å². The minimum absolute atomic E-state index is 0.0109. The van der Waals surface area contributed by atoms with Crippen LogP contribution in [0.25, 0.3) is 0 Å². The molecule has 0 radical (unpaired) electrons. The summed E-state index contributed by atoms with van der Waals surface area (Å²) in [5, 5.41) is 11.4. The summed E-state index contributed by atoms with van der Waals surface area (Å²) in [5.41, 5.74) is 0.0150. The van der Waals surface area contributed by atoms with Gasteiger partial charge in [-0.15, -0.1) is 0 Å². The van der Waals surface area contributed by atoms with Crippen molar-refractivity contribution in [3.8, 4) is 0 Å². The molecule has 15 heavy (non-hydrogen) atoms. The number of hydrogen-bond acceptors (Lipinski definition) is 2. The van der Waals surface area contributed by atoms with Crippen LogP contribution in [0.15, 0.2) is 0 Å². The molecule has 0 aliphatic heterocycles. The summed E-state index contributed by atoms with van der Waals surface area (Å²) in [5.74, 6) is -0.967. The van der Waals surface area contributed by atoms with Crippen LogP contribution < -0.4 is 5.32 Å². The summed E-state index contributed by atoms with van der Waals surface area (Å²) in [6.45, 7) is 7.84. The molecule has 0 rings (SSSR count). The van der Waals surface area contributed by atoms with E-state index in [4.69, 9.17) is 5.11 Å².